The van der Waals surface area contributed by atoms with Gasteiger partial charge in [0.2, 0.25) is 5.91 Å². The average Bonchev–Trinajstić information content (AvgIpc) is 2.86. The van der Waals surface area contributed by atoms with Crippen molar-refractivity contribution in [3.8, 4) is 0 Å². The van der Waals surface area contributed by atoms with E-state index in [2.05, 4.69) is 10.3 Å². The van der Waals surface area contributed by atoms with Crippen molar-refractivity contribution in [2.75, 3.05) is 0 Å². The molecule has 1 N–H and O–H groups in total. The third-order valence-corrected chi connectivity index (χ3v) is 5.56. The highest BCUT2D eigenvalue weighted by molar-refractivity contribution is 7.18. The minimum Gasteiger partial charge on any atom is -0.348 e. The van der Waals surface area contributed by atoms with Crippen LogP contribution in [0.15, 0.2) is 35.1 Å². The van der Waals surface area contributed by atoms with Crippen molar-refractivity contribution in [2.45, 2.75) is 40.3 Å². The van der Waals surface area contributed by atoms with E-state index in [9.17, 15) is 9.59 Å². The summed E-state index contributed by atoms with van der Waals surface area (Å²) in [6.07, 6.45) is 0. The van der Waals surface area contributed by atoms with Crippen LogP contribution in [-0.4, -0.2) is 15.5 Å². The third kappa shape index (κ3) is 3.35. The molecule has 0 bridgehead atoms. The quantitative estimate of drug-likeness (QED) is 0.781. The molecule has 6 heteroatoms. The summed E-state index contributed by atoms with van der Waals surface area (Å²) in [6.45, 7) is 7.57. The van der Waals surface area contributed by atoms with Gasteiger partial charge in [0, 0.05) is 4.88 Å². The van der Waals surface area contributed by atoms with Gasteiger partial charge in [-0.3, -0.25) is 14.2 Å². The molecule has 25 heavy (non-hydrogen) atoms. The van der Waals surface area contributed by atoms with Gasteiger partial charge < -0.3 is 5.32 Å². The van der Waals surface area contributed by atoms with Crippen LogP contribution in [0, 0.1) is 20.8 Å². The van der Waals surface area contributed by atoms with E-state index < -0.39 is 0 Å². The number of rotatable bonds is 4. The number of hydrogen-bond donors (Lipinski definition) is 1. The second kappa shape index (κ2) is 6.80. The maximum Gasteiger partial charge on any atom is 0.263 e. The molecular formula is C19H21N3O2S. The average molecular weight is 355 g/mol. The predicted octanol–water partition coefficient (Wildman–Crippen LogP) is 3.26. The van der Waals surface area contributed by atoms with E-state index in [0.717, 1.165) is 20.8 Å². The number of hydrogen-bond acceptors (Lipinski definition) is 4. The Morgan fingerprint density at radius 3 is 2.60 bits per heavy atom. The molecule has 0 aliphatic rings. The second-order valence-corrected chi connectivity index (χ2v) is 7.42. The van der Waals surface area contributed by atoms with E-state index in [0.29, 0.717) is 11.2 Å². The molecule has 5 nitrogen and oxygen atoms in total. The number of amides is 1. The predicted molar refractivity (Wildman–Crippen MR) is 101 cm³/mol. The molecule has 3 rings (SSSR count). The summed E-state index contributed by atoms with van der Waals surface area (Å²) in [7, 11) is 0. The Labute approximate surface area is 150 Å². The van der Waals surface area contributed by atoms with Crippen LogP contribution in [0.1, 0.15) is 34.8 Å². The van der Waals surface area contributed by atoms with Gasteiger partial charge in [0.1, 0.15) is 17.2 Å². The zero-order valence-corrected chi connectivity index (χ0v) is 15.6. The van der Waals surface area contributed by atoms with Crippen LogP contribution in [0.25, 0.3) is 10.2 Å². The molecule has 0 fully saturated rings. The van der Waals surface area contributed by atoms with Crippen molar-refractivity contribution >= 4 is 27.5 Å². The minimum absolute atomic E-state index is 0.0287. The molecule has 0 aliphatic heterocycles. The molecule has 0 aliphatic carbocycles. The number of aromatic nitrogens is 2. The van der Waals surface area contributed by atoms with Gasteiger partial charge in [-0.05, 0) is 38.8 Å². The fraction of sp³-hybridized carbons (Fsp3) is 0.316. The van der Waals surface area contributed by atoms with E-state index in [1.807, 2.05) is 51.1 Å². The topological polar surface area (TPSA) is 64.0 Å². The number of nitrogens with zero attached hydrogens (tertiary/aromatic N) is 2. The zero-order chi connectivity index (χ0) is 18.1. The fourth-order valence-electron chi connectivity index (χ4n) is 2.87. The van der Waals surface area contributed by atoms with E-state index in [1.165, 1.54) is 15.9 Å². The van der Waals surface area contributed by atoms with Crippen LogP contribution < -0.4 is 10.9 Å². The Bertz CT molecular complexity index is 989. The molecule has 1 unspecified atom stereocenters. The zero-order valence-electron chi connectivity index (χ0n) is 14.8. The maximum atomic E-state index is 12.8. The Kier molecular flexibility index (Phi) is 4.72. The first-order valence-corrected chi connectivity index (χ1v) is 9.01. The third-order valence-electron chi connectivity index (χ3n) is 4.46. The molecule has 2 aromatic heterocycles. The largest absolute Gasteiger partial charge is 0.348 e. The Morgan fingerprint density at radius 2 is 1.92 bits per heavy atom. The maximum absolute atomic E-state index is 12.8. The van der Waals surface area contributed by atoms with Gasteiger partial charge in [-0.25, -0.2) is 4.98 Å². The van der Waals surface area contributed by atoms with Crippen molar-refractivity contribution < 1.29 is 4.79 Å². The molecule has 1 aromatic carbocycles. The summed E-state index contributed by atoms with van der Waals surface area (Å²) in [6, 6.07) is 9.62. The van der Waals surface area contributed by atoms with Gasteiger partial charge in [0.15, 0.2) is 0 Å². The Balaban J connectivity index is 1.86. The number of carbonyl (C=O) groups excluding carboxylic acids is 1. The lowest BCUT2D eigenvalue weighted by atomic mass is 10.1. The first-order chi connectivity index (χ1) is 11.9. The molecule has 0 saturated heterocycles. The number of fused-ring (bicyclic) bond motifs is 1. The van der Waals surface area contributed by atoms with Crippen LogP contribution in [0.3, 0.4) is 0 Å². The number of aryl methyl sites for hydroxylation is 3. The monoisotopic (exact) mass is 355 g/mol. The van der Waals surface area contributed by atoms with E-state index in [1.54, 1.807) is 6.92 Å². The van der Waals surface area contributed by atoms with Crippen molar-refractivity contribution in [1.82, 2.24) is 14.9 Å². The van der Waals surface area contributed by atoms with Crippen molar-refractivity contribution in [1.29, 1.82) is 0 Å². The fourth-order valence-corrected chi connectivity index (χ4v) is 3.94. The Morgan fingerprint density at radius 1 is 1.24 bits per heavy atom. The van der Waals surface area contributed by atoms with Gasteiger partial charge in [-0.2, -0.15) is 0 Å². The van der Waals surface area contributed by atoms with Crippen LogP contribution in [0.5, 0.6) is 0 Å². The SMILES string of the molecule is Cc1sc2nc(C)n(CC(=O)NC(C)c3ccccc3)c(=O)c2c1C. The smallest absolute Gasteiger partial charge is 0.263 e. The van der Waals surface area contributed by atoms with Gasteiger partial charge in [0.05, 0.1) is 11.4 Å². The van der Waals surface area contributed by atoms with Gasteiger partial charge >= 0.3 is 0 Å². The summed E-state index contributed by atoms with van der Waals surface area (Å²) >= 11 is 1.52. The normalized spacial score (nSPS) is 12.3. The summed E-state index contributed by atoms with van der Waals surface area (Å²) < 4.78 is 1.45. The lowest BCUT2D eigenvalue weighted by molar-refractivity contribution is -0.122. The number of carbonyl (C=O) groups is 1. The first kappa shape index (κ1) is 17.4. The highest BCUT2D eigenvalue weighted by Crippen LogP contribution is 2.26. The first-order valence-electron chi connectivity index (χ1n) is 8.20. The van der Waals surface area contributed by atoms with E-state index in [4.69, 9.17) is 0 Å². The van der Waals surface area contributed by atoms with E-state index in [-0.39, 0.29) is 24.1 Å². The molecule has 0 saturated carbocycles. The molecule has 130 valence electrons. The second-order valence-electron chi connectivity index (χ2n) is 6.21. The Hall–Kier alpha value is -2.47. The van der Waals surface area contributed by atoms with Crippen molar-refractivity contribution in [3.63, 3.8) is 0 Å². The number of thiophene rings is 1. The van der Waals surface area contributed by atoms with Gasteiger partial charge in [-0.15, -0.1) is 11.3 Å². The molecular weight excluding hydrogens is 334 g/mol. The minimum atomic E-state index is -0.202. The van der Waals surface area contributed by atoms with Crippen molar-refractivity contribution in [2.24, 2.45) is 0 Å². The van der Waals surface area contributed by atoms with Crippen LogP contribution in [-0.2, 0) is 11.3 Å². The summed E-state index contributed by atoms with van der Waals surface area (Å²) in [5.74, 6) is 0.355. The van der Waals surface area contributed by atoms with Crippen LogP contribution in [0.4, 0.5) is 0 Å². The summed E-state index contributed by atoms with van der Waals surface area (Å²) in [5, 5.41) is 3.57. The number of benzene rings is 1. The highest BCUT2D eigenvalue weighted by Gasteiger charge is 2.17. The molecule has 2 heterocycles. The number of nitrogens with one attached hydrogen (secondary N) is 1. The summed E-state index contributed by atoms with van der Waals surface area (Å²) in [5.41, 5.74) is 1.83. The molecule has 1 atom stereocenters. The standard InChI is InChI=1S/C19H21N3O2S/c1-11-13(3)25-18-17(11)19(24)22(14(4)21-18)10-16(23)20-12(2)15-8-6-5-7-9-15/h5-9,12H,10H2,1-4H3,(H,20,23). The molecule has 3 aromatic rings. The van der Waals surface area contributed by atoms with Gasteiger partial charge in [0.25, 0.3) is 5.56 Å². The van der Waals surface area contributed by atoms with Gasteiger partial charge in [-0.1, -0.05) is 30.3 Å². The van der Waals surface area contributed by atoms with Crippen LogP contribution >= 0.6 is 11.3 Å². The lowest BCUT2D eigenvalue weighted by Crippen LogP contribution is -2.35. The van der Waals surface area contributed by atoms with Crippen molar-refractivity contribution in [3.05, 3.63) is 62.5 Å². The molecule has 0 spiro atoms. The highest BCUT2D eigenvalue weighted by atomic mass is 32.1. The molecule has 0 radical (unpaired) electrons. The summed E-state index contributed by atoms with van der Waals surface area (Å²) in [4.78, 5) is 31.6. The van der Waals surface area contributed by atoms with E-state index >= 15 is 0 Å². The molecule has 1 amide bonds. The lowest BCUT2D eigenvalue weighted by Gasteiger charge is -2.15. The van der Waals surface area contributed by atoms with Crippen LogP contribution in [0.2, 0.25) is 0 Å².